The average molecular weight is 254 g/mol. The zero-order chi connectivity index (χ0) is 13.3. The van der Waals surface area contributed by atoms with Crippen LogP contribution in [0.25, 0.3) is 0 Å². The number of amides is 2. The average Bonchev–Trinajstić information content (AvgIpc) is 2.86. The molecule has 0 bridgehead atoms. The van der Waals surface area contributed by atoms with Gasteiger partial charge in [0.05, 0.1) is 0 Å². The SMILES string of the molecule is CCCN(C)C(=O)N1CC2CCCC2C1C(=O)O. The molecule has 0 aromatic heterocycles. The standard InChI is InChI=1S/C13H22N2O3/c1-3-7-14(2)13(18)15-8-9-5-4-6-10(9)11(15)12(16)17/h9-11H,3-8H2,1-2H3,(H,16,17). The Morgan fingerprint density at radius 2 is 2.11 bits per heavy atom. The third kappa shape index (κ3) is 2.18. The monoisotopic (exact) mass is 254 g/mol. The number of carboxylic acid groups (broad SMARTS) is 1. The van der Waals surface area contributed by atoms with Crippen LogP contribution in [0.5, 0.6) is 0 Å². The van der Waals surface area contributed by atoms with Crippen molar-refractivity contribution in [2.24, 2.45) is 11.8 Å². The van der Waals surface area contributed by atoms with Gasteiger partial charge in [0.25, 0.3) is 0 Å². The summed E-state index contributed by atoms with van der Waals surface area (Å²) in [4.78, 5) is 26.9. The van der Waals surface area contributed by atoms with E-state index in [9.17, 15) is 14.7 Å². The van der Waals surface area contributed by atoms with Gasteiger partial charge in [0.2, 0.25) is 0 Å². The van der Waals surface area contributed by atoms with Crippen LogP contribution < -0.4 is 0 Å². The number of hydrogen-bond acceptors (Lipinski definition) is 2. The molecule has 2 amide bonds. The highest BCUT2D eigenvalue weighted by Crippen LogP contribution is 2.42. The summed E-state index contributed by atoms with van der Waals surface area (Å²) in [5.74, 6) is -0.283. The van der Waals surface area contributed by atoms with Gasteiger partial charge < -0.3 is 14.9 Å². The number of fused-ring (bicyclic) bond motifs is 1. The van der Waals surface area contributed by atoms with Gasteiger partial charge in [-0.1, -0.05) is 13.3 Å². The summed E-state index contributed by atoms with van der Waals surface area (Å²) in [6.45, 7) is 3.31. The molecule has 0 aromatic carbocycles. The number of aliphatic carboxylic acids is 1. The van der Waals surface area contributed by atoms with Gasteiger partial charge in [0.15, 0.2) is 0 Å². The quantitative estimate of drug-likeness (QED) is 0.832. The highest BCUT2D eigenvalue weighted by molar-refractivity contribution is 5.83. The molecule has 2 aliphatic rings. The number of likely N-dealkylation sites (tertiary alicyclic amines) is 1. The van der Waals surface area contributed by atoms with Gasteiger partial charge in [-0.25, -0.2) is 9.59 Å². The third-order valence-electron chi connectivity index (χ3n) is 4.27. The Balaban J connectivity index is 2.12. The second-order valence-electron chi connectivity index (χ2n) is 5.49. The molecule has 5 heteroatoms. The highest BCUT2D eigenvalue weighted by Gasteiger charge is 2.49. The van der Waals surface area contributed by atoms with Crippen LogP contribution in [0.1, 0.15) is 32.6 Å². The number of nitrogens with zero attached hydrogens (tertiary/aromatic N) is 2. The van der Waals surface area contributed by atoms with E-state index >= 15 is 0 Å². The first-order valence-corrected chi connectivity index (χ1v) is 6.80. The number of carboxylic acids is 1. The van der Waals surface area contributed by atoms with Gasteiger partial charge in [0, 0.05) is 20.1 Å². The molecule has 5 nitrogen and oxygen atoms in total. The van der Waals surface area contributed by atoms with Crippen molar-refractivity contribution < 1.29 is 14.7 Å². The van der Waals surface area contributed by atoms with Crippen molar-refractivity contribution in [2.45, 2.75) is 38.6 Å². The lowest BCUT2D eigenvalue weighted by Crippen LogP contribution is -2.48. The lowest BCUT2D eigenvalue weighted by molar-refractivity contribution is -0.142. The molecule has 18 heavy (non-hydrogen) atoms. The second-order valence-corrected chi connectivity index (χ2v) is 5.49. The largest absolute Gasteiger partial charge is 0.480 e. The van der Waals surface area contributed by atoms with E-state index in [-0.39, 0.29) is 11.9 Å². The maximum absolute atomic E-state index is 12.3. The number of rotatable bonds is 3. The Labute approximate surface area is 108 Å². The number of carbonyl (C=O) groups excluding carboxylic acids is 1. The van der Waals surface area contributed by atoms with Crippen molar-refractivity contribution >= 4 is 12.0 Å². The van der Waals surface area contributed by atoms with Gasteiger partial charge in [-0.05, 0) is 31.1 Å². The molecule has 0 radical (unpaired) electrons. The molecule has 1 N–H and O–H groups in total. The first-order chi connectivity index (χ1) is 8.56. The molecule has 1 aliphatic heterocycles. The topological polar surface area (TPSA) is 60.9 Å². The van der Waals surface area contributed by atoms with Crippen LogP contribution in [0.15, 0.2) is 0 Å². The minimum atomic E-state index is -0.845. The molecule has 3 atom stereocenters. The molecule has 1 heterocycles. The van der Waals surface area contributed by atoms with Crippen molar-refractivity contribution in [1.82, 2.24) is 9.80 Å². The molecular formula is C13H22N2O3. The van der Waals surface area contributed by atoms with Gasteiger partial charge >= 0.3 is 12.0 Å². The van der Waals surface area contributed by atoms with E-state index in [0.717, 1.165) is 25.7 Å². The zero-order valence-electron chi connectivity index (χ0n) is 11.1. The fourth-order valence-corrected chi connectivity index (χ4v) is 3.47. The molecular weight excluding hydrogens is 232 g/mol. The molecule has 1 saturated heterocycles. The molecule has 0 spiro atoms. The summed E-state index contributed by atoms with van der Waals surface area (Å²) in [7, 11) is 1.75. The molecule has 2 fully saturated rings. The van der Waals surface area contributed by atoms with E-state index in [4.69, 9.17) is 0 Å². The van der Waals surface area contributed by atoms with Crippen molar-refractivity contribution in [3.8, 4) is 0 Å². The minimum Gasteiger partial charge on any atom is -0.480 e. The highest BCUT2D eigenvalue weighted by atomic mass is 16.4. The normalized spacial score (nSPS) is 30.3. The second kappa shape index (κ2) is 5.16. The van der Waals surface area contributed by atoms with E-state index in [1.807, 2.05) is 6.92 Å². The van der Waals surface area contributed by atoms with Gasteiger partial charge in [-0.3, -0.25) is 0 Å². The van der Waals surface area contributed by atoms with Crippen LogP contribution in [0.3, 0.4) is 0 Å². The maximum Gasteiger partial charge on any atom is 0.326 e. The Morgan fingerprint density at radius 3 is 2.72 bits per heavy atom. The predicted octanol–water partition coefficient (Wildman–Crippen LogP) is 1.63. The number of hydrogen-bond donors (Lipinski definition) is 1. The van der Waals surface area contributed by atoms with Crippen molar-refractivity contribution in [3.63, 3.8) is 0 Å². The minimum absolute atomic E-state index is 0.126. The van der Waals surface area contributed by atoms with E-state index in [0.29, 0.717) is 19.0 Å². The maximum atomic E-state index is 12.3. The Bertz CT molecular complexity index is 345. The van der Waals surface area contributed by atoms with Crippen LogP contribution in [0.4, 0.5) is 4.79 Å². The lowest BCUT2D eigenvalue weighted by atomic mass is 9.94. The van der Waals surface area contributed by atoms with E-state index in [2.05, 4.69) is 0 Å². The molecule has 102 valence electrons. The Kier molecular flexibility index (Phi) is 3.78. The predicted molar refractivity (Wildman–Crippen MR) is 67.3 cm³/mol. The van der Waals surface area contributed by atoms with Crippen LogP contribution in [0.2, 0.25) is 0 Å². The van der Waals surface area contributed by atoms with Gasteiger partial charge in [-0.15, -0.1) is 0 Å². The van der Waals surface area contributed by atoms with Crippen molar-refractivity contribution in [1.29, 1.82) is 0 Å². The summed E-state index contributed by atoms with van der Waals surface area (Å²) in [5.41, 5.74) is 0. The van der Waals surface area contributed by atoms with E-state index < -0.39 is 12.0 Å². The lowest BCUT2D eigenvalue weighted by Gasteiger charge is -2.29. The molecule has 2 rings (SSSR count). The summed E-state index contributed by atoms with van der Waals surface area (Å²) < 4.78 is 0. The fourth-order valence-electron chi connectivity index (χ4n) is 3.47. The van der Waals surface area contributed by atoms with Gasteiger partial charge in [-0.2, -0.15) is 0 Å². The van der Waals surface area contributed by atoms with Crippen LogP contribution >= 0.6 is 0 Å². The number of urea groups is 1. The van der Waals surface area contributed by atoms with Crippen LogP contribution in [0, 0.1) is 11.8 Å². The third-order valence-corrected chi connectivity index (χ3v) is 4.27. The fraction of sp³-hybridized carbons (Fsp3) is 0.846. The molecule has 1 aliphatic carbocycles. The van der Waals surface area contributed by atoms with Crippen molar-refractivity contribution in [2.75, 3.05) is 20.1 Å². The molecule has 0 aromatic rings. The van der Waals surface area contributed by atoms with E-state index in [1.165, 1.54) is 0 Å². The van der Waals surface area contributed by atoms with Gasteiger partial charge in [0.1, 0.15) is 6.04 Å². The zero-order valence-corrected chi connectivity index (χ0v) is 11.1. The summed E-state index contributed by atoms with van der Waals surface area (Å²) >= 11 is 0. The Hall–Kier alpha value is -1.26. The number of carbonyl (C=O) groups is 2. The summed E-state index contributed by atoms with van der Waals surface area (Å²) in [5, 5.41) is 9.38. The van der Waals surface area contributed by atoms with Crippen molar-refractivity contribution in [3.05, 3.63) is 0 Å². The van der Waals surface area contributed by atoms with E-state index in [1.54, 1.807) is 16.8 Å². The summed E-state index contributed by atoms with van der Waals surface area (Å²) in [6.07, 6.45) is 4.01. The summed E-state index contributed by atoms with van der Waals surface area (Å²) in [6, 6.07) is -0.733. The molecule has 3 unspecified atom stereocenters. The first-order valence-electron chi connectivity index (χ1n) is 6.80. The van der Waals surface area contributed by atoms with Crippen LogP contribution in [-0.4, -0.2) is 53.1 Å². The smallest absolute Gasteiger partial charge is 0.326 e. The first kappa shape index (κ1) is 13.2. The van der Waals surface area contributed by atoms with Crippen LogP contribution in [-0.2, 0) is 4.79 Å². The Morgan fingerprint density at radius 1 is 1.39 bits per heavy atom. The molecule has 1 saturated carbocycles.